The second kappa shape index (κ2) is 7.10. The highest BCUT2D eigenvalue weighted by molar-refractivity contribution is 9.10. The molecule has 140 valence electrons. The van der Waals surface area contributed by atoms with E-state index in [1.165, 1.54) is 4.90 Å². The normalized spacial score (nSPS) is 27.2. The quantitative estimate of drug-likeness (QED) is 0.632. The summed E-state index contributed by atoms with van der Waals surface area (Å²) in [6, 6.07) is 7.63. The maximum atomic E-state index is 12.5. The molecule has 1 heterocycles. The molecule has 1 amide bonds. The Kier molecular flexibility index (Phi) is 5.84. The third kappa shape index (κ3) is 5.36. The van der Waals surface area contributed by atoms with Gasteiger partial charge in [-0.2, -0.15) is 5.09 Å². The van der Waals surface area contributed by atoms with Gasteiger partial charge in [-0.25, -0.2) is 4.57 Å². The summed E-state index contributed by atoms with van der Waals surface area (Å²) < 4.78 is 18.5. The first-order valence-corrected chi connectivity index (χ1v) is 10.3. The van der Waals surface area contributed by atoms with Crippen molar-refractivity contribution in [2.45, 2.75) is 51.5 Å². The molecule has 7 nitrogen and oxygen atoms in total. The third-order valence-electron chi connectivity index (χ3n) is 3.89. The van der Waals surface area contributed by atoms with Crippen LogP contribution in [0.4, 0.5) is 0 Å². The van der Waals surface area contributed by atoms with Crippen LogP contribution in [0.1, 0.15) is 39.7 Å². The zero-order valence-electron chi connectivity index (χ0n) is 15.0. The molecule has 2 unspecified atom stereocenters. The molecule has 0 bridgehead atoms. The summed E-state index contributed by atoms with van der Waals surface area (Å²) >= 11 is 3.43. The lowest BCUT2D eigenvalue weighted by molar-refractivity contribution is -0.139. The number of carbonyl (C=O) groups excluding carboxylic acids is 1. The number of hydrogen-bond acceptors (Lipinski definition) is 4. The van der Waals surface area contributed by atoms with Gasteiger partial charge in [-0.05, 0) is 45.4 Å². The fourth-order valence-corrected chi connectivity index (χ4v) is 4.45. The van der Waals surface area contributed by atoms with Crippen molar-refractivity contribution in [1.29, 1.82) is 0 Å². The summed E-state index contributed by atoms with van der Waals surface area (Å²) in [4.78, 5) is 24.0. The van der Waals surface area contributed by atoms with E-state index in [4.69, 9.17) is 4.52 Å². The molecule has 25 heavy (non-hydrogen) atoms. The molecular formula is C16H25BrN3O4P. The summed E-state index contributed by atoms with van der Waals surface area (Å²) in [6.07, 6.45) is -0.614. The van der Waals surface area contributed by atoms with Crippen LogP contribution in [-0.4, -0.2) is 34.6 Å². The maximum Gasteiger partial charge on any atom is 0.406 e. The Morgan fingerprint density at radius 1 is 1.48 bits per heavy atom. The van der Waals surface area contributed by atoms with E-state index in [0.717, 1.165) is 10.0 Å². The van der Waals surface area contributed by atoms with Crippen molar-refractivity contribution in [1.82, 2.24) is 15.3 Å². The van der Waals surface area contributed by atoms with Crippen LogP contribution in [0.25, 0.3) is 0 Å². The van der Waals surface area contributed by atoms with Crippen LogP contribution in [-0.2, 0) is 19.4 Å². The van der Waals surface area contributed by atoms with Gasteiger partial charge in [-0.1, -0.05) is 28.1 Å². The SMILES string of the molecule is CN1C(=O)CC(C)(c2cccc(Br)c2)N[C@@H]1NP(=O)(O)OC(C)(C)C. The average Bonchev–Trinajstić information content (AvgIpc) is 2.41. The first kappa shape index (κ1) is 20.6. The van der Waals surface area contributed by atoms with Gasteiger partial charge in [-0.15, -0.1) is 0 Å². The van der Waals surface area contributed by atoms with Crippen LogP contribution in [0.5, 0.6) is 0 Å². The molecule has 1 fully saturated rings. The lowest BCUT2D eigenvalue weighted by Gasteiger charge is -2.45. The van der Waals surface area contributed by atoms with E-state index in [1.54, 1.807) is 27.8 Å². The summed E-state index contributed by atoms with van der Waals surface area (Å²) in [5.74, 6) is -0.144. The maximum absolute atomic E-state index is 12.5. The molecule has 1 aliphatic heterocycles. The number of rotatable bonds is 4. The minimum atomic E-state index is -4.12. The topological polar surface area (TPSA) is 90.9 Å². The largest absolute Gasteiger partial charge is 0.406 e. The summed E-state index contributed by atoms with van der Waals surface area (Å²) in [5.41, 5.74) is -0.589. The summed E-state index contributed by atoms with van der Waals surface area (Å²) in [6.45, 7) is 6.95. The summed E-state index contributed by atoms with van der Waals surface area (Å²) in [5, 5.41) is 5.80. The van der Waals surface area contributed by atoms with Crippen molar-refractivity contribution < 1.29 is 18.8 Å². The number of halogens is 1. The van der Waals surface area contributed by atoms with E-state index in [1.807, 2.05) is 31.2 Å². The molecule has 0 radical (unpaired) electrons. The number of nitrogens with one attached hydrogen (secondary N) is 2. The molecule has 3 N–H and O–H groups in total. The second-order valence-electron chi connectivity index (χ2n) is 7.42. The van der Waals surface area contributed by atoms with Gasteiger partial charge < -0.3 is 9.79 Å². The van der Waals surface area contributed by atoms with Crippen LogP contribution in [0.15, 0.2) is 28.7 Å². The van der Waals surface area contributed by atoms with Crippen LogP contribution in [0.2, 0.25) is 0 Å². The molecule has 1 aromatic rings. The van der Waals surface area contributed by atoms with Crippen LogP contribution < -0.4 is 10.4 Å². The Labute approximate surface area is 156 Å². The third-order valence-corrected chi connectivity index (χ3v) is 5.74. The van der Waals surface area contributed by atoms with Crippen molar-refractivity contribution >= 4 is 29.6 Å². The van der Waals surface area contributed by atoms with Crippen molar-refractivity contribution in [2.24, 2.45) is 0 Å². The Morgan fingerprint density at radius 3 is 2.68 bits per heavy atom. The Balaban J connectivity index is 2.26. The van der Waals surface area contributed by atoms with Gasteiger partial charge in [-0.3, -0.25) is 14.6 Å². The smallest absolute Gasteiger partial charge is 0.317 e. The minimum absolute atomic E-state index is 0.144. The molecule has 1 aliphatic rings. The van der Waals surface area contributed by atoms with Crippen molar-refractivity contribution in [3.8, 4) is 0 Å². The molecular weight excluding hydrogens is 409 g/mol. The number of nitrogens with zero attached hydrogens (tertiary/aromatic N) is 1. The molecule has 2 rings (SSSR count). The monoisotopic (exact) mass is 433 g/mol. The van der Waals surface area contributed by atoms with Crippen LogP contribution in [0, 0.1) is 0 Å². The second-order valence-corrected chi connectivity index (χ2v) is 9.82. The molecule has 0 saturated carbocycles. The van der Waals surface area contributed by atoms with E-state index in [9.17, 15) is 14.3 Å². The molecule has 1 saturated heterocycles. The van der Waals surface area contributed by atoms with E-state index in [2.05, 4.69) is 26.3 Å². The predicted molar refractivity (Wildman–Crippen MR) is 99.6 cm³/mol. The minimum Gasteiger partial charge on any atom is -0.317 e. The highest BCUT2D eigenvalue weighted by atomic mass is 79.9. The standard InChI is InChI=1S/C16H25BrN3O4P/c1-15(2,3)24-25(22,23)19-14-18-16(4,10-13(21)20(14)5)11-7-6-8-12(17)9-11/h6-9,14,18H,10H2,1-5H3,(H2,19,22,23)/t14-,16?/m1/s1. The van der Waals surface area contributed by atoms with Crippen molar-refractivity contribution in [2.75, 3.05) is 7.05 Å². The lowest BCUT2D eigenvalue weighted by atomic mass is 9.86. The summed E-state index contributed by atoms with van der Waals surface area (Å²) in [7, 11) is -2.55. The van der Waals surface area contributed by atoms with E-state index in [-0.39, 0.29) is 12.3 Å². The molecule has 0 spiro atoms. The predicted octanol–water partition coefficient (Wildman–Crippen LogP) is 2.90. The number of carbonyl (C=O) groups is 1. The number of hydrogen-bond donors (Lipinski definition) is 3. The first-order chi connectivity index (χ1) is 11.3. The fourth-order valence-electron chi connectivity index (χ4n) is 2.71. The van der Waals surface area contributed by atoms with Gasteiger partial charge in [0.1, 0.15) is 6.29 Å². The number of amides is 1. The van der Waals surface area contributed by atoms with Gasteiger partial charge in [0.05, 0.1) is 11.1 Å². The van der Waals surface area contributed by atoms with E-state index >= 15 is 0 Å². The first-order valence-electron chi connectivity index (χ1n) is 7.92. The zero-order valence-corrected chi connectivity index (χ0v) is 17.5. The fraction of sp³-hybridized carbons (Fsp3) is 0.562. The van der Waals surface area contributed by atoms with Crippen molar-refractivity contribution in [3.05, 3.63) is 34.3 Å². The average molecular weight is 434 g/mol. The van der Waals surface area contributed by atoms with Gasteiger partial charge in [0.15, 0.2) is 0 Å². The van der Waals surface area contributed by atoms with Crippen LogP contribution >= 0.6 is 23.7 Å². The lowest BCUT2D eigenvalue weighted by Crippen LogP contribution is -2.65. The Morgan fingerprint density at radius 2 is 2.12 bits per heavy atom. The highest BCUT2D eigenvalue weighted by Gasteiger charge is 2.43. The molecule has 1 aromatic carbocycles. The van der Waals surface area contributed by atoms with Gasteiger partial charge in [0, 0.05) is 17.9 Å². The molecule has 0 aliphatic carbocycles. The van der Waals surface area contributed by atoms with Gasteiger partial charge >= 0.3 is 7.75 Å². The van der Waals surface area contributed by atoms with E-state index in [0.29, 0.717) is 0 Å². The molecule has 9 heteroatoms. The van der Waals surface area contributed by atoms with E-state index < -0.39 is 25.2 Å². The van der Waals surface area contributed by atoms with Crippen LogP contribution in [0.3, 0.4) is 0 Å². The number of benzene rings is 1. The van der Waals surface area contributed by atoms with Gasteiger partial charge in [0.2, 0.25) is 5.91 Å². The Hall–Kier alpha value is -0.760. The molecule has 0 aromatic heterocycles. The van der Waals surface area contributed by atoms with Crippen molar-refractivity contribution in [3.63, 3.8) is 0 Å². The molecule has 3 atom stereocenters. The zero-order chi connectivity index (χ0) is 19.0. The Bertz CT molecular complexity index is 709. The highest BCUT2D eigenvalue weighted by Crippen LogP contribution is 2.43. The van der Waals surface area contributed by atoms with Gasteiger partial charge in [0.25, 0.3) is 0 Å².